The first kappa shape index (κ1) is 11.4. The van der Waals surface area contributed by atoms with Gasteiger partial charge in [-0.25, -0.2) is 4.79 Å². The third kappa shape index (κ3) is 2.18. The second-order valence-corrected chi connectivity index (χ2v) is 4.56. The van der Waals surface area contributed by atoms with E-state index in [-0.39, 0.29) is 5.69 Å². The molecule has 5 nitrogen and oxygen atoms in total. The summed E-state index contributed by atoms with van der Waals surface area (Å²) in [5, 5.41) is 3.24. The van der Waals surface area contributed by atoms with Gasteiger partial charge in [-0.15, -0.1) is 0 Å². The molecule has 1 aromatic heterocycles. The fourth-order valence-corrected chi connectivity index (χ4v) is 2.06. The molecule has 19 heavy (non-hydrogen) atoms. The highest BCUT2D eigenvalue weighted by molar-refractivity contribution is 5.82. The zero-order valence-corrected chi connectivity index (χ0v) is 10.4. The molecule has 2 aromatic carbocycles. The lowest BCUT2D eigenvalue weighted by Crippen LogP contribution is -1.99. The Labute approximate surface area is 109 Å². The summed E-state index contributed by atoms with van der Waals surface area (Å²) in [6.45, 7) is 2.00. The lowest BCUT2D eigenvalue weighted by Gasteiger charge is -2.10. The highest BCUT2D eigenvalue weighted by Gasteiger charge is 2.02. The van der Waals surface area contributed by atoms with E-state index in [1.807, 2.05) is 43.3 Å². The van der Waals surface area contributed by atoms with Crippen molar-refractivity contribution in [2.75, 3.05) is 11.1 Å². The maximum absolute atomic E-state index is 11.2. The molecule has 0 saturated carbocycles. The molecule has 96 valence electrons. The second-order valence-electron chi connectivity index (χ2n) is 4.56. The van der Waals surface area contributed by atoms with Gasteiger partial charge in [0.15, 0.2) is 0 Å². The number of rotatable bonds is 2. The lowest BCUT2D eigenvalue weighted by molar-refractivity contribution is 1.22. The molecule has 0 unspecified atom stereocenters. The average Bonchev–Trinajstić information content (AvgIpc) is 2.72. The number of aromatic nitrogens is 2. The van der Waals surface area contributed by atoms with E-state index < -0.39 is 0 Å². The summed E-state index contributed by atoms with van der Waals surface area (Å²) in [6, 6.07) is 11.5. The fourth-order valence-electron chi connectivity index (χ4n) is 2.06. The van der Waals surface area contributed by atoms with Crippen molar-refractivity contribution in [3.8, 4) is 0 Å². The number of aromatic amines is 2. The number of anilines is 3. The summed E-state index contributed by atoms with van der Waals surface area (Å²) >= 11 is 0. The van der Waals surface area contributed by atoms with Gasteiger partial charge in [-0.3, -0.25) is 0 Å². The summed E-state index contributed by atoms with van der Waals surface area (Å²) in [5.41, 5.74) is 10.8. The van der Waals surface area contributed by atoms with Crippen LogP contribution in [-0.4, -0.2) is 9.97 Å². The van der Waals surface area contributed by atoms with Crippen molar-refractivity contribution in [2.45, 2.75) is 6.92 Å². The molecule has 5 N–H and O–H groups in total. The van der Waals surface area contributed by atoms with Crippen LogP contribution in [0.4, 0.5) is 17.1 Å². The number of nitrogen functional groups attached to an aromatic ring is 1. The first-order chi connectivity index (χ1) is 9.11. The third-order valence-electron chi connectivity index (χ3n) is 3.00. The van der Waals surface area contributed by atoms with Gasteiger partial charge < -0.3 is 21.0 Å². The van der Waals surface area contributed by atoms with Crippen molar-refractivity contribution in [3.05, 3.63) is 52.4 Å². The average molecular weight is 254 g/mol. The van der Waals surface area contributed by atoms with Crippen LogP contribution in [0.15, 0.2) is 41.2 Å². The molecule has 0 amide bonds. The van der Waals surface area contributed by atoms with Crippen LogP contribution in [-0.2, 0) is 0 Å². The zero-order valence-electron chi connectivity index (χ0n) is 10.4. The van der Waals surface area contributed by atoms with Crippen LogP contribution in [0.5, 0.6) is 0 Å². The Morgan fingerprint density at radius 1 is 1.05 bits per heavy atom. The van der Waals surface area contributed by atoms with Gasteiger partial charge in [-0.2, -0.15) is 0 Å². The monoisotopic (exact) mass is 254 g/mol. The van der Waals surface area contributed by atoms with E-state index in [0.29, 0.717) is 5.69 Å². The molecular formula is C14H14N4O. The van der Waals surface area contributed by atoms with Gasteiger partial charge in [0.25, 0.3) is 0 Å². The van der Waals surface area contributed by atoms with Crippen LogP contribution < -0.4 is 16.7 Å². The van der Waals surface area contributed by atoms with E-state index in [1.165, 1.54) is 0 Å². The first-order valence-corrected chi connectivity index (χ1v) is 5.97. The minimum atomic E-state index is -0.206. The van der Waals surface area contributed by atoms with Crippen LogP contribution in [0.25, 0.3) is 11.0 Å². The Hall–Kier alpha value is -2.69. The van der Waals surface area contributed by atoms with Crippen LogP contribution in [0.3, 0.4) is 0 Å². The molecule has 0 bridgehead atoms. The predicted molar refractivity (Wildman–Crippen MR) is 77.8 cm³/mol. The van der Waals surface area contributed by atoms with Crippen molar-refractivity contribution in [1.29, 1.82) is 0 Å². The first-order valence-electron chi connectivity index (χ1n) is 5.97. The number of nitrogens with one attached hydrogen (secondary N) is 3. The molecule has 0 aliphatic carbocycles. The van der Waals surface area contributed by atoms with E-state index in [2.05, 4.69) is 15.3 Å². The Morgan fingerprint density at radius 3 is 2.63 bits per heavy atom. The quantitative estimate of drug-likeness (QED) is 0.530. The van der Waals surface area contributed by atoms with Crippen molar-refractivity contribution in [1.82, 2.24) is 9.97 Å². The molecule has 0 saturated heterocycles. The largest absolute Gasteiger partial charge is 0.397 e. The van der Waals surface area contributed by atoms with E-state index in [1.54, 1.807) is 0 Å². The Morgan fingerprint density at radius 2 is 1.84 bits per heavy atom. The van der Waals surface area contributed by atoms with E-state index in [0.717, 1.165) is 28.0 Å². The van der Waals surface area contributed by atoms with Crippen LogP contribution in [0, 0.1) is 6.92 Å². The van der Waals surface area contributed by atoms with Crippen molar-refractivity contribution >= 4 is 28.1 Å². The number of benzene rings is 2. The number of aryl methyl sites for hydroxylation is 1. The molecule has 0 radical (unpaired) electrons. The Bertz CT molecular complexity index is 801. The van der Waals surface area contributed by atoms with Crippen molar-refractivity contribution < 1.29 is 0 Å². The topological polar surface area (TPSA) is 86.7 Å². The maximum Gasteiger partial charge on any atom is 0.323 e. The van der Waals surface area contributed by atoms with Gasteiger partial charge >= 0.3 is 5.69 Å². The van der Waals surface area contributed by atoms with Crippen molar-refractivity contribution in [3.63, 3.8) is 0 Å². The Balaban J connectivity index is 1.98. The highest BCUT2D eigenvalue weighted by Crippen LogP contribution is 2.25. The normalized spacial score (nSPS) is 10.8. The summed E-state index contributed by atoms with van der Waals surface area (Å²) < 4.78 is 0. The molecule has 3 aromatic rings. The maximum atomic E-state index is 11.2. The number of hydrogen-bond donors (Lipinski definition) is 4. The standard InChI is InChI=1S/C14H14N4O/c1-8-2-4-11(10(15)6-8)16-9-3-5-12-13(7-9)18-14(19)17-12/h2-7,16H,15H2,1H3,(H2,17,18,19). The fraction of sp³-hybridized carbons (Fsp3) is 0.0714. The summed E-state index contributed by atoms with van der Waals surface area (Å²) in [6.07, 6.45) is 0. The molecule has 1 heterocycles. The second kappa shape index (κ2) is 4.20. The molecule has 3 rings (SSSR count). The minimum absolute atomic E-state index is 0.206. The van der Waals surface area contributed by atoms with Gasteiger partial charge in [-0.05, 0) is 42.8 Å². The van der Waals surface area contributed by atoms with Gasteiger partial charge in [-0.1, -0.05) is 6.07 Å². The number of H-pyrrole nitrogens is 2. The molecule has 0 spiro atoms. The predicted octanol–water partition coefficient (Wildman–Crippen LogP) is 2.49. The molecular weight excluding hydrogens is 240 g/mol. The SMILES string of the molecule is Cc1ccc(Nc2ccc3[nH]c(=O)[nH]c3c2)c(N)c1. The van der Waals surface area contributed by atoms with Gasteiger partial charge in [0.05, 0.1) is 22.4 Å². The van der Waals surface area contributed by atoms with E-state index in [9.17, 15) is 4.79 Å². The lowest BCUT2D eigenvalue weighted by atomic mass is 10.2. The molecule has 0 aliphatic rings. The smallest absolute Gasteiger partial charge is 0.323 e. The van der Waals surface area contributed by atoms with Crippen LogP contribution in [0.1, 0.15) is 5.56 Å². The van der Waals surface area contributed by atoms with Gasteiger partial charge in [0, 0.05) is 5.69 Å². The Kier molecular flexibility index (Phi) is 2.52. The number of fused-ring (bicyclic) bond motifs is 1. The van der Waals surface area contributed by atoms with Gasteiger partial charge in [0.1, 0.15) is 0 Å². The number of nitrogens with two attached hydrogens (primary N) is 1. The summed E-state index contributed by atoms with van der Waals surface area (Å²) in [4.78, 5) is 16.6. The summed E-state index contributed by atoms with van der Waals surface area (Å²) in [7, 11) is 0. The van der Waals surface area contributed by atoms with E-state index in [4.69, 9.17) is 5.73 Å². The van der Waals surface area contributed by atoms with Crippen LogP contribution >= 0.6 is 0 Å². The molecule has 0 atom stereocenters. The molecule has 0 fully saturated rings. The van der Waals surface area contributed by atoms with Crippen molar-refractivity contribution in [2.24, 2.45) is 0 Å². The highest BCUT2D eigenvalue weighted by atomic mass is 16.1. The number of hydrogen-bond acceptors (Lipinski definition) is 3. The summed E-state index contributed by atoms with van der Waals surface area (Å²) in [5.74, 6) is 0. The third-order valence-corrected chi connectivity index (χ3v) is 3.00. The van der Waals surface area contributed by atoms with Gasteiger partial charge in [0.2, 0.25) is 0 Å². The number of imidazole rings is 1. The molecule has 5 heteroatoms. The molecule has 0 aliphatic heterocycles. The minimum Gasteiger partial charge on any atom is -0.397 e. The van der Waals surface area contributed by atoms with Crippen LogP contribution in [0.2, 0.25) is 0 Å². The zero-order chi connectivity index (χ0) is 13.4. The van der Waals surface area contributed by atoms with E-state index >= 15 is 0 Å².